The Morgan fingerprint density at radius 1 is 1.04 bits per heavy atom. The molecule has 0 aliphatic rings. The molecule has 1 atom stereocenters. The van der Waals surface area contributed by atoms with Crippen molar-refractivity contribution in [2.24, 2.45) is 0 Å². The van der Waals surface area contributed by atoms with Gasteiger partial charge in [-0.3, -0.25) is 9.59 Å². The summed E-state index contributed by atoms with van der Waals surface area (Å²) in [5.41, 5.74) is 1.05. The van der Waals surface area contributed by atoms with E-state index >= 15 is 0 Å². The van der Waals surface area contributed by atoms with Crippen LogP contribution in [0.4, 0.5) is 4.39 Å². The fourth-order valence-corrected chi connectivity index (χ4v) is 2.18. The summed E-state index contributed by atoms with van der Waals surface area (Å²) in [7, 11) is 0. The van der Waals surface area contributed by atoms with Crippen LogP contribution in [0.2, 0.25) is 0 Å². The number of rotatable bonds is 7. The van der Waals surface area contributed by atoms with Crippen molar-refractivity contribution in [3.63, 3.8) is 0 Å². The second kappa shape index (κ2) is 8.73. The van der Waals surface area contributed by atoms with Gasteiger partial charge in [0.25, 0.3) is 5.91 Å². The van der Waals surface area contributed by atoms with Crippen LogP contribution in [-0.4, -0.2) is 30.3 Å². The number of hydrogen-bond acceptors (Lipinski definition) is 4. The third-order valence-corrected chi connectivity index (χ3v) is 3.52. The van der Waals surface area contributed by atoms with Gasteiger partial charge in [-0.1, -0.05) is 30.3 Å². The van der Waals surface area contributed by atoms with Crippen LogP contribution in [0, 0.1) is 5.82 Å². The first-order chi connectivity index (χ1) is 12.0. The molecule has 0 saturated carbocycles. The molecule has 0 radical (unpaired) electrons. The fourth-order valence-electron chi connectivity index (χ4n) is 2.18. The molecule has 0 heterocycles. The summed E-state index contributed by atoms with van der Waals surface area (Å²) in [5.74, 6) is -1.98. The molecule has 0 spiro atoms. The zero-order chi connectivity index (χ0) is 18.2. The van der Waals surface area contributed by atoms with Gasteiger partial charge >= 0.3 is 5.97 Å². The summed E-state index contributed by atoms with van der Waals surface area (Å²) in [4.78, 5) is 35.4. The van der Waals surface area contributed by atoms with E-state index in [4.69, 9.17) is 4.74 Å². The van der Waals surface area contributed by atoms with E-state index in [0.29, 0.717) is 6.42 Å². The quantitative estimate of drug-likeness (QED) is 0.783. The van der Waals surface area contributed by atoms with Crippen molar-refractivity contribution < 1.29 is 23.5 Å². The van der Waals surface area contributed by atoms with Crippen LogP contribution in [0.15, 0.2) is 54.6 Å². The lowest BCUT2D eigenvalue weighted by Gasteiger charge is -2.16. The maximum atomic E-state index is 12.8. The molecule has 1 amide bonds. The summed E-state index contributed by atoms with van der Waals surface area (Å²) < 4.78 is 17.7. The number of hydrogen-bond donors (Lipinski definition) is 1. The first kappa shape index (κ1) is 18.3. The predicted molar refractivity (Wildman–Crippen MR) is 89.4 cm³/mol. The minimum Gasteiger partial charge on any atom is -0.452 e. The van der Waals surface area contributed by atoms with Gasteiger partial charge in [0, 0.05) is 0 Å². The first-order valence-electron chi connectivity index (χ1n) is 7.72. The molecule has 2 rings (SSSR count). The Hall–Kier alpha value is -3.02. The van der Waals surface area contributed by atoms with Crippen molar-refractivity contribution in [1.82, 2.24) is 5.32 Å². The van der Waals surface area contributed by atoms with Crippen LogP contribution < -0.4 is 5.32 Å². The zero-order valence-corrected chi connectivity index (χ0v) is 13.7. The number of ether oxygens (including phenoxy) is 1. The fraction of sp³-hybridized carbons (Fsp3) is 0.211. The van der Waals surface area contributed by atoms with E-state index in [1.54, 1.807) is 0 Å². The van der Waals surface area contributed by atoms with E-state index in [1.807, 2.05) is 30.3 Å². The topological polar surface area (TPSA) is 72.5 Å². The van der Waals surface area contributed by atoms with Crippen molar-refractivity contribution in [3.8, 4) is 0 Å². The number of halogens is 1. The average Bonchev–Trinajstić information content (AvgIpc) is 2.60. The number of nitrogens with one attached hydrogen (secondary N) is 1. The summed E-state index contributed by atoms with van der Waals surface area (Å²) in [6, 6.07) is 13.4. The van der Waals surface area contributed by atoms with Crippen LogP contribution in [0.5, 0.6) is 0 Å². The molecule has 0 unspecified atom stereocenters. The number of amides is 1. The number of ketones is 1. The second-order valence-electron chi connectivity index (χ2n) is 5.50. The monoisotopic (exact) mass is 343 g/mol. The summed E-state index contributed by atoms with van der Waals surface area (Å²) >= 11 is 0. The number of Topliss-reactive ketones (excluding diaryl/α,β-unsaturated/α-hetero) is 1. The van der Waals surface area contributed by atoms with Crippen LogP contribution in [0.3, 0.4) is 0 Å². The number of esters is 1. The maximum absolute atomic E-state index is 12.8. The predicted octanol–water partition coefficient (Wildman–Crippen LogP) is 2.30. The minimum atomic E-state index is -0.738. The third-order valence-electron chi connectivity index (χ3n) is 3.52. The molecule has 0 aliphatic carbocycles. The Morgan fingerprint density at radius 3 is 2.28 bits per heavy atom. The lowest BCUT2D eigenvalue weighted by atomic mass is 10.0. The smallest absolute Gasteiger partial charge is 0.338 e. The van der Waals surface area contributed by atoms with E-state index in [2.05, 4.69) is 5.32 Å². The molecule has 6 heteroatoms. The second-order valence-corrected chi connectivity index (χ2v) is 5.50. The normalized spacial score (nSPS) is 11.4. The van der Waals surface area contributed by atoms with Gasteiger partial charge in [0.05, 0.1) is 11.6 Å². The third kappa shape index (κ3) is 5.84. The van der Waals surface area contributed by atoms with Crippen molar-refractivity contribution in [2.75, 3.05) is 6.61 Å². The van der Waals surface area contributed by atoms with E-state index in [9.17, 15) is 18.8 Å². The summed E-state index contributed by atoms with van der Waals surface area (Å²) in [5, 5.41) is 2.56. The average molecular weight is 343 g/mol. The summed E-state index contributed by atoms with van der Waals surface area (Å²) in [6.07, 6.45) is 0.355. The number of carbonyl (C=O) groups excluding carboxylic acids is 3. The first-order valence-corrected chi connectivity index (χ1v) is 7.72. The Balaban J connectivity index is 1.87. The molecule has 25 heavy (non-hydrogen) atoms. The molecule has 1 N–H and O–H groups in total. The maximum Gasteiger partial charge on any atom is 0.338 e. The Bertz CT molecular complexity index is 744. The minimum absolute atomic E-state index is 0.140. The Kier molecular flexibility index (Phi) is 6.39. The number of carbonyl (C=O) groups is 3. The van der Waals surface area contributed by atoms with Gasteiger partial charge in [0.1, 0.15) is 5.82 Å². The molecule has 130 valence electrons. The number of benzene rings is 2. The molecule has 5 nitrogen and oxygen atoms in total. The van der Waals surface area contributed by atoms with Crippen LogP contribution in [0.25, 0.3) is 0 Å². The molecule has 0 aromatic heterocycles. The molecule has 0 bridgehead atoms. The SMILES string of the molecule is CC(=O)[C@@H](Cc1ccccc1)NC(=O)COC(=O)c1ccc(F)cc1. The van der Waals surface area contributed by atoms with Crippen LogP contribution >= 0.6 is 0 Å². The molecular formula is C19H18FNO4. The van der Waals surface area contributed by atoms with Crippen LogP contribution in [0.1, 0.15) is 22.8 Å². The van der Waals surface area contributed by atoms with E-state index < -0.39 is 30.3 Å². The van der Waals surface area contributed by atoms with E-state index in [-0.39, 0.29) is 11.3 Å². The molecule has 2 aromatic carbocycles. The molecule has 0 saturated heterocycles. The summed E-state index contributed by atoms with van der Waals surface area (Å²) in [6.45, 7) is 0.868. The Labute approximate surface area is 144 Å². The highest BCUT2D eigenvalue weighted by atomic mass is 19.1. The van der Waals surface area contributed by atoms with E-state index in [1.165, 1.54) is 19.1 Å². The highest BCUT2D eigenvalue weighted by molar-refractivity contribution is 5.92. The zero-order valence-electron chi connectivity index (χ0n) is 13.7. The molecule has 2 aromatic rings. The van der Waals surface area contributed by atoms with Gasteiger partial charge in [-0.05, 0) is 43.2 Å². The van der Waals surface area contributed by atoms with E-state index in [0.717, 1.165) is 17.7 Å². The van der Waals surface area contributed by atoms with Gasteiger partial charge in [-0.15, -0.1) is 0 Å². The van der Waals surface area contributed by atoms with Gasteiger partial charge in [-0.2, -0.15) is 0 Å². The standard InChI is InChI=1S/C19H18FNO4/c1-13(22)17(11-14-5-3-2-4-6-14)21-18(23)12-25-19(24)15-7-9-16(20)10-8-15/h2-10,17H,11-12H2,1H3,(H,21,23)/t17-/m1/s1. The van der Waals surface area contributed by atoms with Crippen molar-refractivity contribution in [2.45, 2.75) is 19.4 Å². The lowest BCUT2D eigenvalue weighted by molar-refractivity contribution is -0.128. The highest BCUT2D eigenvalue weighted by Gasteiger charge is 2.18. The van der Waals surface area contributed by atoms with Crippen molar-refractivity contribution in [3.05, 3.63) is 71.5 Å². The molecule has 0 fully saturated rings. The highest BCUT2D eigenvalue weighted by Crippen LogP contribution is 2.06. The van der Waals surface area contributed by atoms with Gasteiger partial charge in [0.2, 0.25) is 0 Å². The van der Waals surface area contributed by atoms with Crippen molar-refractivity contribution in [1.29, 1.82) is 0 Å². The largest absolute Gasteiger partial charge is 0.452 e. The van der Waals surface area contributed by atoms with Crippen molar-refractivity contribution >= 4 is 17.7 Å². The molecule has 0 aliphatic heterocycles. The van der Waals surface area contributed by atoms with Gasteiger partial charge in [-0.25, -0.2) is 9.18 Å². The Morgan fingerprint density at radius 2 is 1.68 bits per heavy atom. The van der Waals surface area contributed by atoms with Gasteiger partial charge in [0.15, 0.2) is 12.4 Å². The van der Waals surface area contributed by atoms with Crippen LogP contribution in [-0.2, 0) is 20.7 Å². The molecular weight excluding hydrogens is 325 g/mol. The van der Waals surface area contributed by atoms with Gasteiger partial charge < -0.3 is 10.1 Å². The lowest BCUT2D eigenvalue weighted by Crippen LogP contribution is -2.43.